The number of halogens is 2. The molecule has 0 atom stereocenters. The van der Waals surface area contributed by atoms with E-state index in [9.17, 15) is 13.2 Å². The lowest BCUT2D eigenvalue weighted by Crippen LogP contribution is -2.46. The Bertz CT molecular complexity index is 784. The molecule has 27 heavy (non-hydrogen) atoms. The van der Waals surface area contributed by atoms with Crippen molar-refractivity contribution in [2.45, 2.75) is 56.4 Å². The van der Waals surface area contributed by atoms with Crippen LogP contribution in [0.4, 0.5) is 0 Å². The zero-order valence-corrected chi connectivity index (χ0v) is 17.8. The molecule has 0 spiro atoms. The Morgan fingerprint density at radius 3 is 2.33 bits per heavy atom. The molecule has 1 amide bonds. The number of nitrogens with zero attached hydrogens (tertiary/aromatic N) is 1. The standard InChI is InChI=1S/C19H26Cl2N2O3S/c1-13-2-5-16(6-3-13)22-19(24)14-8-10-23(11-9-14)27(25,26)18-12-15(20)4-7-17(18)21/h4,7,12-14,16H,2-3,5-6,8-11H2,1H3,(H,22,24). The van der Waals surface area contributed by atoms with Crippen LogP contribution in [-0.2, 0) is 14.8 Å². The lowest BCUT2D eigenvalue weighted by atomic mass is 9.87. The third-order valence-corrected chi connectivity index (χ3v) is 8.31. The van der Waals surface area contributed by atoms with Gasteiger partial charge in [-0.05, 0) is 62.6 Å². The van der Waals surface area contributed by atoms with Crippen LogP contribution in [0, 0.1) is 11.8 Å². The maximum absolute atomic E-state index is 12.9. The van der Waals surface area contributed by atoms with E-state index in [1.807, 2.05) is 0 Å². The van der Waals surface area contributed by atoms with Crippen LogP contribution in [0.2, 0.25) is 10.0 Å². The second-order valence-corrected chi connectivity index (χ2v) is 10.5. The number of nitrogens with one attached hydrogen (secondary N) is 1. The Labute approximate surface area is 171 Å². The second-order valence-electron chi connectivity index (χ2n) is 7.72. The Balaban J connectivity index is 1.58. The van der Waals surface area contributed by atoms with Crippen LogP contribution in [0.15, 0.2) is 23.1 Å². The van der Waals surface area contributed by atoms with E-state index in [0.29, 0.717) is 31.0 Å². The first-order valence-electron chi connectivity index (χ1n) is 9.53. The molecule has 0 bridgehead atoms. The fraction of sp³-hybridized carbons (Fsp3) is 0.632. The summed E-state index contributed by atoms with van der Waals surface area (Å²) in [5.74, 6) is 0.669. The molecule has 1 aliphatic heterocycles. The number of sulfonamides is 1. The van der Waals surface area contributed by atoms with E-state index in [4.69, 9.17) is 23.2 Å². The number of carbonyl (C=O) groups excluding carboxylic acids is 1. The Morgan fingerprint density at radius 1 is 1.07 bits per heavy atom. The van der Waals surface area contributed by atoms with Crippen molar-refractivity contribution in [3.8, 4) is 0 Å². The van der Waals surface area contributed by atoms with Crippen LogP contribution < -0.4 is 5.32 Å². The summed E-state index contributed by atoms with van der Waals surface area (Å²) in [5.41, 5.74) is 0. The van der Waals surface area contributed by atoms with Crippen molar-refractivity contribution in [2.75, 3.05) is 13.1 Å². The molecule has 2 fully saturated rings. The summed E-state index contributed by atoms with van der Waals surface area (Å²) >= 11 is 12.0. The fourth-order valence-electron chi connectivity index (χ4n) is 3.90. The smallest absolute Gasteiger partial charge is 0.244 e. The predicted octanol–water partition coefficient (Wildman–Crippen LogP) is 4.09. The molecule has 1 heterocycles. The highest BCUT2D eigenvalue weighted by Gasteiger charge is 2.34. The molecule has 1 aliphatic carbocycles. The van der Waals surface area contributed by atoms with E-state index in [-0.39, 0.29) is 27.8 Å². The molecule has 8 heteroatoms. The van der Waals surface area contributed by atoms with Gasteiger partial charge in [0.2, 0.25) is 15.9 Å². The second kappa shape index (κ2) is 8.68. The van der Waals surface area contributed by atoms with Gasteiger partial charge in [0, 0.05) is 30.1 Å². The van der Waals surface area contributed by atoms with Crippen LogP contribution in [0.1, 0.15) is 45.4 Å². The van der Waals surface area contributed by atoms with Crippen LogP contribution in [0.3, 0.4) is 0 Å². The van der Waals surface area contributed by atoms with Gasteiger partial charge in [-0.25, -0.2) is 8.42 Å². The molecule has 150 valence electrons. The highest BCUT2D eigenvalue weighted by Crippen LogP contribution is 2.31. The Kier molecular flexibility index (Phi) is 6.72. The van der Waals surface area contributed by atoms with Gasteiger partial charge in [0.25, 0.3) is 0 Å². The minimum absolute atomic E-state index is 0.0240. The summed E-state index contributed by atoms with van der Waals surface area (Å²) in [6.07, 6.45) is 5.42. The molecule has 1 N–H and O–H groups in total. The summed E-state index contributed by atoms with van der Waals surface area (Å²) in [5, 5.41) is 3.65. The Morgan fingerprint density at radius 2 is 1.70 bits per heavy atom. The number of benzene rings is 1. The summed E-state index contributed by atoms with van der Waals surface area (Å²) in [4.78, 5) is 12.6. The molecule has 3 rings (SSSR count). The van der Waals surface area contributed by atoms with Crippen molar-refractivity contribution in [1.29, 1.82) is 0 Å². The lowest BCUT2D eigenvalue weighted by Gasteiger charge is -2.33. The third-order valence-electron chi connectivity index (χ3n) is 5.70. The van der Waals surface area contributed by atoms with Gasteiger partial charge in [-0.2, -0.15) is 4.31 Å². The predicted molar refractivity (Wildman–Crippen MR) is 108 cm³/mol. The fourth-order valence-corrected chi connectivity index (χ4v) is 6.10. The zero-order chi connectivity index (χ0) is 19.6. The highest BCUT2D eigenvalue weighted by molar-refractivity contribution is 7.89. The average molecular weight is 433 g/mol. The van der Waals surface area contributed by atoms with Gasteiger partial charge >= 0.3 is 0 Å². The normalized spacial score (nSPS) is 25.3. The first-order chi connectivity index (χ1) is 12.8. The largest absolute Gasteiger partial charge is 0.353 e. The van der Waals surface area contributed by atoms with Crippen LogP contribution in [0.25, 0.3) is 0 Å². The van der Waals surface area contributed by atoms with Crippen molar-refractivity contribution < 1.29 is 13.2 Å². The van der Waals surface area contributed by atoms with Crippen molar-refractivity contribution >= 4 is 39.1 Å². The van der Waals surface area contributed by atoms with E-state index in [2.05, 4.69) is 12.2 Å². The number of hydrogen-bond acceptors (Lipinski definition) is 3. The lowest BCUT2D eigenvalue weighted by molar-refractivity contribution is -0.127. The van der Waals surface area contributed by atoms with Gasteiger partial charge in [0.1, 0.15) is 4.90 Å². The molecule has 1 saturated carbocycles. The van der Waals surface area contributed by atoms with E-state index >= 15 is 0 Å². The van der Waals surface area contributed by atoms with Gasteiger partial charge in [-0.1, -0.05) is 30.1 Å². The summed E-state index contributed by atoms with van der Waals surface area (Å²) in [6, 6.07) is 4.69. The van der Waals surface area contributed by atoms with Gasteiger partial charge in [-0.15, -0.1) is 0 Å². The van der Waals surface area contributed by atoms with Gasteiger partial charge in [0.15, 0.2) is 0 Å². The minimum atomic E-state index is -3.71. The van der Waals surface area contributed by atoms with Crippen LogP contribution in [0.5, 0.6) is 0 Å². The van der Waals surface area contributed by atoms with Crippen molar-refractivity contribution in [1.82, 2.24) is 9.62 Å². The quantitative estimate of drug-likeness (QED) is 0.778. The molecule has 0 radical (unpaired) electrons. The van der Waals surface area contributed by atoms with Crippen molar-refractivity contribution in [3.63, 3.8) is 0 Å². The van der Waals surface area contributed by atoms with Crippen molar-refractivity contribution in [2.24, 2.45) is 11.8 Å². The van der Waals surface area contributed by atoms with E-state index in [1.165, 1.54) is 16.4 Å². The number of hydrogen-bond donors (Lipinski definition) is 1. The third kappa shape index (κ3) is 4.97. The SMILES string of the molecule is CC1CCC(NC(=O)C2CCN(S(=O)(=O)c3cc(Cl)ccc3Cl)CC2)CC1. The maximum Gasteiger partial charge on any atom is 0.244 e. The van der Waals surface area contributed by atoms with Gasteiger partial charge < -0.3 is 5.32 Å². The van der Waals surface area contributed by atoms with Crippen molar-refractivity contribution in [3.05, 3.63) is 28.2 Å². The van der Waals surface area contributed by atoms with E-state index in [1.54, 1.807) is 6.07 Å². The molecule has 2 aliphatic rings. The number of rotatable bonds is 4. The highest BCUT2D eigenvalue weighted by atomic mass is 35.5. The van der Waals surface area contributed by atoms with E-state index < -0.39 is 10.0 Å². The number of carbonyl (C=O) groups is 1. The van der Waals surface area contributed by atoms with Gasteiger partial charge in [0.05, 0.1) is 5.02 Å². The van der Waals surface area contributed by atoms with Crippen LogP contribution >= 0.6 is 23.2 Å². The maximum atomic E-state index is 12.9. The summed E-state index contributed by atoms with van der Waals surface area (Å²) in [7, 11) is -3.71. The van der Waals surface area contributed by atoms with E-state index in [0.717, 1.165) is 31.6 Å². The number of amides is 1. The minimum Gasteiger partial charge on any atom is -0.353 e. The first kappa shape index (κ1) is 20.9. The molecule has 1 aromatic carbocycles. The average Bonchev–Trinajstić information content (AvgIpc) is 2.65. The molecule has 1 aromatic rings. The Hall–Kier alpha value is -0.820. The summed E-state index contributed by atoms with van der Waals surface area (Å²) in [6.45, 7) is 2.87. The molecule has 0 aromatic heterocycles. The zero-order valence-electron chi connectivity index (χ0n) is 15.5. The monoisotopic (exact) mass is 432 g/mol. The topological polar surface area (TPSA) is 66.5 Å². The van der Waals surface area contributed by atoms with Crippen LogP contribution in [-0.4, -0.2) is 37.8 Å². The molecular formula is C19H26Cl2N2O3S. The number of piperidine rings is 1. The van der Waals surface area contributed by atoms with Gasteiger partial charge in [-0.3, -0.25) is 4.79 Å². The first-order valence-corrected chi connectivity index (χ1v) is 11.7. The molecule has 5 nitrogen and oxygen atoms in total. The summed E-state index contributed by atoms with van der Waals surface area (Å²) < 4.78 is 27.1. The molecule has 0 unspecified atom stereocenters. The molecule has 1 saturated heterocycles. The molecular weight excluding hydrogens is 407 g/mol.